The van der Waals surface area contributed by atoms with Crippen molar-refractivity contribution in [3.05, 3.63) is 35.9 Å². The van der Waals surface area contributed by atoms with Gasteiger partial charge in [-0.1, -0.05) is 13.0 Å². The van der Waals surface area contributed by atoms with Gasteiger partial charge in [-0.3, -0.25) is 4.79 Å². The van der Waals surface area contributed by atoms with E-state index in [1.807, 2.05) is 38.4 Å². The van der Waals surface area contributed by atoms with Crippen molar-refractivity contribution < 1.29 is 14.3 Å². The Hall–Kier alpha value is -2.60. The Kier molecular flexibility index (Phi) is 6.97. The number of aryl methyl sites for hydroxylation is 1. The lowest BCUT2D eigenvalue weighted by atomic mass is 10.0. The Labute approximate surface area is 155 Å². The first-order valence-corrected chi connectivity index (χ1v) is 8.68. The molecule has 0 aliphatic rings. The molecule has 1 aromatic heterocycles. The maximum atomic E-state index is 11.3. The Morgan fingerprint density at radius 1 is 1.23 bits per heavy atom. The first-order chi connectivity index (χ1) is 12.4. The van der Waals surface area contributed by atoms with Crippen molar-refractivity contribution in [2.24, 2.45) is 0 Å². The van der Waals surface area contributed by atoms with Crippen LogP contribution in [0.25, 0.3) is 11.3 Å². The number of aromatic nitrogens is 1. The maximum Gasteiger partial charge on any atom is 0.222 e. The number of pyridine rings is 1. The molecule has 0 radical (unpaired) electrons. The molecule has 0 atom stereocenters. The van der Waals surface area contributed by atoms with Crippen LogP contribution in [0.15, 0.2) is 30.3 Å². The molecule has 0 aliphatic heterocycles. The number of methoxy groups -OCH3 is 1. The summed E-state index contributed by atoms with van der Waals surface area (Å²) in [4.78, 5) is 17.9. The number of nitrogens with zero attached hydrogens (tertiary/aromatic N) is 2. The predicted octanol–water partition coefficient (Wildman–Crippen LogP) is 3.22. The molecule has 1 heterocycles. The highest BCUT2D eigenvalue weighted by atomic mass is 16.5. The molecule has 2 aromatic rings. The monoisotopic (exact) mass is 357 g/mol. The van der Waals surface area contributed by atoms with Gasteiger partial charge in [0.2, 0.25) is 5.91 Å². The number of anilines is 1. The molecule has 2 rings (SSSR count). The van der Waals surface area contributed by atoms with Crippen molar-refractivity contribution in [1.82, 2.24) is 9.88 Å². The van der Waals surface area contributed by atoms with Crippen molar-refractivity contribution in [2.45, 2.75) is 20.3 Å². The van der Waals surface area contributed by atoms with Gasteiger partial charge in [-0.15, -0.1) is 0 Å². The van der Waals surface area contributed by atoms with Crippen LogP contribution < -0.4 is 14.8 Å². The number of ether oxygens (including phenoxy) is 2. The van der Waals surface area contributed by atoms with E-state index in [-0.39, 0.29) is 5.91 Å². The Morgan fingerprint density at radius 3 is 2.62 bits per heavy atom. The number of hydrogen-bond acceptors (Lipinski definition) is 5. The molecule has 0 fully saturated rings. The van der Waals surface area contributed by atoms with E-state index in [1.54, 1.807) is 13.2 Å². The van der Waals surface area contributed by atoms with Crippen molar-refractivity contribution in [1.29, 1.82) is 0 Å². The summed E-state index contributed by atoms with van der Waals surface area (Å²) in [5.74, 6) is 1.88. The van der Waals surface area contributed by atoms with Crippen LogP contribution in [-0.2, 0) is 11.2 Å². The van der Waals surface area contributed by atoms with Gasteiger partial charge in [0.15, 0.2) is 0 Å². The number of rotatable bonds is 8. The minimum absolute atomic E-state index is 0.152. The maximum absolute atomic E-state index is 11.3. The quantitative estimate of drug-likeness (QED) is 0.786. The van der Waals surface area contributed by atoms with E-state index in [0.29, 0.717) is 18.2 Å². The number of hydrogen-bond donors (Lipinski definition) is 1. The van der Waals surface area contributed by atoms with Crippen LogP contribution in [-0.4, -0.2) is 50.1 Å². The van der Waals surface area contributed by atoms with E-state index in [1.165, 1.54) is 6.92 Å². The largest absolute Gasteiger partial charge is 0.496 e. The Morgan fingerprint density at radius 2 is 2.00 bits per heavy atom. The summed E-state index contributed by atoms with van der Waals surface area (Å²) in [7, 11) is 5.66. The van der Waals surface area contributed by atoms with Crippen molar-refractivity contribution in [3.63, 3.8) is 0 Å². The first kappa shape index (κ1) is 19.7. The number of benzene rings is 1. The zero-order valence-corrected chi connectivity index (χ0v) is 16.1. The van der Waals surface area contributed by atoms with Gasteiger partial charge < -0.3 is 19.7 Å². The zero-order valence-electron chi connectivity index (χ0n) is 16.1. The lowest BCUT2D eigenvalue weighted by Gasteiger charge is -2.17. The Bertz CT molecular complexity index is 760. The van der Waals surface area contributed by atoms with Gasteiger partial charge in [-0.25, -0.2) is 4.98 Å². The minimum Gasteiger partial charge on any atom is -0.496 e. The SMILES string of the molecule is CCc1cc(-c2cccc(NC(C)=O)n2)c(OC)cc1OCCN(C)C. The van der Waals surface area contributed by atoms with Gasteiger partial charge in [0.05, 0.1) is 12.8 Å². The third-order valence-electron chi connectivity index (χ3n) is 3.89. The average Bonchev–Trinajstić information content (AvgIpc) is 2.60. The van der Waals surface area contributed by atoms with Crippen LogP contribution in [0.2, 0.25) is 0 Å². The molecule has 0 saturated carbocycles. The standard InChI is InChI=1S/C20H27N3O3/c1-6-15-12-16(17-8-7-9-20(22-17)21-14(2)24)19(25-5)13-18(15)26-11-10-23(3)4/h7-9,12-13H,6,10-11H2,1-5H3,(H,21,22,24). The molecule has 6 nitrogen and oxygen atoms in total. The molecule has 1 aromatic carbocycles. The van der Waals surface area contributed by atoms with Gasteiger partial charge in [-0.05, 0) is 44.3 Å². The fraction of sp³-hybridized carbons (Fsp3) is 0.400. The molecule has 26 heavy (non-hydrogen) atoms. The number of nitrogens with one attached hydrogen (secondary N) is 1. The van der Waals surface area contributed by atoms with E-state index in [9.17, 15) is 4.79 Å². The highest BCUT2D eigenvalue weighted by molar-refractivity contribution is 5.88. The smallest absolute Gasteiger partial charge is 0.222 e. The fourth-order valence-electron chi connectivity index (χ4n) is 2.56. The molecular weight excluding hydrogens is 330 g/mol. The summed E-state index contributed by atoms with van der Waals surface area (Å²) in [6.07, 6.45) is 0.833. The second-order valence-electron chi connectivity index (χ2n) is 6.25. The molecule has 0 unspecified atom stereocenters. The van der Waals surface area contributed by atoms with Crippen LogP contribution >= 0.6 is 0 Å². The first-order valence-electron chi connectivity index (χ1n) is 8.68. The minimum atomic E-state index is -0.152. The van der Waals surface area contributed by atoms with Gasteiger partial charge >= 0.3 is 0 Å². The second-order valence-corrected chi connectivity index (χ2v) is 6.25. The zero-order chi connectivity index (χ0) is 19.1. The second kappa shape index (κ2) is 9.20. The predicted molar refractivity (Wildman–Crippen MR) is 104 cm³/mol. The van der Waals surface area contributed by atoms with Crippen LogP contribution in [0.1, 0.15) is 19.4 Å². The summed E-state index contributed by atoms with van der Waals surface area (Å²) in [6, 6.07) is 9.48. The van der Waals surface area contributed by atoms with Crippen LogP contribution in [0.3, 0.4) is 0 Å². The summed E-state index contributed by atoms with van der Waals surface area (Å²) in [5.41, 5.74) is 2.70. The van der Waals surface area contributed by atoms with E-state index in [4.69, 9.17) is 9.47 Å². The van der Waals surface area contributed by atoms with E-state index in [2.05, 4.69) is 22.1 Å². The van der Waals surface area contributed by atoms with E-state index < -0.39 is 0 Å². The van der Waals surface area contributed by atoms with Crippen LogP contribution in [0.5, 0.6) is 11.5 Å². The van der Waals surface area contributed by atoms with Gasteiger partial charge in [0.25, 0.3) is 0 Å². The highest BCUT2D eigenvalue weighted by Crippen LogP contribution is 2.36. The van der Waals surface area contributed by atoms with Crippen molar-refractivity contribution >= 4 is 11.7 Å². The molecule has 0 spiro atoms. The third kappa shape index (κ3) is 5.20. The average molecular weight is 357 g/mol. The summed E-state index contributed by atoms with van der Waals surface area (Å²) < 4.78 is 11.5. The molecule has 1 amide bonds. The number of carbonyl (C=O) groups excluding carboxylic acids is 1. The normalized spacial score (nSPS) is 10.7. The van der Waals surface area contributed by atoms with E-state index in [0.717, 1.165) is 35.5 Å². The van der Waals surface area contributed by atoms with Gasteiger partial charge in [-0.2, -0.15) is 0 Å². The summed E-state index contributed by atoms with van der Waals surface area (Å²) in [6.45, 7) is 5.00. The molecule has 0 aliphatic carbocycles. The van der Waals surface area contributed by atoms with Crippen LogP contribution in [0.4, 0.5) is 5.82 Å². The molecule has 0 bridgehead atoms. The lowest BCUT2D eigenvalue weighted by molar-refractivity contribution is -0.114. The fourth-order valence-corrected chi connectivity index (χ4v) is 2.56. The van der Waals surface area contributed by atoms with Crippen molar-refractivity contribution in [2.75, 3.05) is 39.7 Å². The third-order valence-corrected chi connectivity index (χ3v) is 3.89. The Balaban J connectivity index is 2.38. The molecule has 1 N–H and O–H groups in total. The van der Waals surface area contributed by atoms with Crippen LogP contribution in [0, 0.1) is 0 Å². The molecule has 6 heteroatoms. The number of likely N-dealkylation sites (N-methyl/N-ethyl adjacent to an activating group) is 1. The molecular formula is C20H27N3O3. The summed E-state index contributed by atoms with van der Waals surface area (Å²) in [5, 5.41) is 2.71. The molecule has 140 valence electrons. The van der Waals surface area contributed by atoms with E-state index >= 15 is 0 Å². The van der Waals surface area contributed by atoms with Gasteiger partial charge in [0, 0.05) is 25.1 Å². The lowest BCUT2D eigenvalue weighted by Crippen LogP contribution is -2.19. The molecule has 0 saturated heterocycles. The summed E-state index contributed by atoms with van der Waals surface area (Å²) >= 11 is 0. The van der Waals surface area contributed by atoms with Gasteiger partial charge in [0.1, 0.15) is 23.9 Å². The van der Waals surface area contributed by atoms with Crippen molar-refractivity contribution in [3.8, 4) is 22.8 Å². The number of carbonyl (C=O) groups is 1. The highest BCUT2D eigenvalue weighted by Gasteiger charge is 2.14. The number of amides is 1. The topological polar surface area (TPSA) is 63.7 Å².